The maximum Gasteiger partial charge on any atom is 0.303 e. The van der Waals surface area contributed by atoms with E-state index in [0.29, 0.717) is 17.9 Å². The van der Waals surface area contributed by atoms with Crippen LogP contribution in [-0.4, -0.2) is 16.1 Å². The Labute approximate surface area is 187 Å². The Balaban J connectivity index is 1.39. The lowest BCUT2D eigenvalue weighted by atomic mass is 9.88. The largest absolute Gasteiger partial charge is 0.485 e. The Morgan fingerprint density at radius 3 is 2.66 bits per heavy atom. The summed E-state index contributed by atoms with van der Waals surface area (Å²) in [5.74, 6) is 0.156. The molecule has 0 saturated heterocycles. The molecule has 1 aromatic heterocycles. The molecule has 2 aromatic carbocycles. The molecule has 1 aliphatic carbocycles. The van der Waals surface area contributed by atoms with Gasteiger partial charge in [-0.2, -0.15) is 0 Å². The number of ether oxygens (including phenoxy) is 1. The van der Waals surface area contributed by atoms with Crippen LogP contribution in [0.15, 0.2) is 54.7 Å². The molecule has 2 aliphatic rings. The van der Waals surface area contributed by atoms with E-state index in [1.165, 1.54) is 0 Å². The molecule has 0 bridgehead atoms. The zero-order valence-corrected chi connectivity index (χ0v) is 18.1. The van der Waals surface area contributed by atoms with Gasteiger partial charge in [0.05, 0.1) is 6.42 Å². The standard InChI is InChI=1S/C27H26FNO3/c1-16-12-20(10-11-29-16)19-6-8-22(24(28)13-19)25-9-7-18-4-5-21(14-26(18)32-25)23(15-27(30)31)17-2-3-17/h4-6,8,10-14,17,23,25H,2-3,7,9,15H2,1H3,(H,30,31). The molecule has 1 N–H and O–H groups in total. The lowest BCUT2D eigenvalue weighted by molar-refractivity contribution is -0.137. The molecule has 0 amide bonds. The van der Waals surface area contributed by atoms with Crippen LogP contribution in [0, 0.1) is 18.7 Å². The Hall–Kier alpha value is -3.21. The molecule has 5 rings (SSSR count). The van der Waals surface area contributed by atoms with Crippen LogP contribution >= 0.6 is 0 Å². The first kappa shape index (κ1) is 20.7. The minimum atomic E-state index is -0.773. The lowest BCUT2D eigenvalue weighted by Crippen LogP contribution is -2.17. The first-order valence-corrected chi connectivity index (χ1v) is 11.2. The molecule has 1 saturated carbocycles. The summed E-state index contributed by atoms with van der Waals surface area (Å²) in [4.78, 5) is 15.6. The number of hydrogen-bond acceptors (Lipinski definition) is 3. The van der Waals surface area contributed by atoms with Crippen molar-refractivity contribution in [3.8, 4) is 16.9 Å². The Kier molecular flexibility index (Phi) is 5.41. The molecule has 0 spiro atoms. The maximum atomic E-state index is 15.1. The van der Waals surface area contributed by atoms with Gasteiger partial charge in [0.25, 0.3) is 0 Å². The van der Waals surface area contributed by atoms with E-state index < -0.39 is 5.97 Å². The van der Waals surface area contributed by atoms with E-state index >= 15 is 4.39 Å². The maximum absolute atomic E-state index is 15.1. The summed E-state index contributed by atoms with van der Waals surface area (Å²) in [6, 6.07) is 15.2. The number of aryl methyl sites for hydroxylation is 2. The molecule has 3 aromatic rings. The van der Waals surface area contributed by atoms with Gasteiger partial charge in [-0.1, -0.05) is 24.3 Å². The quantitative estimate of drug-likeness (QED) is 0.503. The van der Waals surface area contributed by atoms with Gasteiger partial charge in [0.15, 0.2) is 0 Å². The van der Waals surface area contributed by atoms with Crippen LogP contribution in [0.4, 0.5) is 4.39 Å². The number of benzene rings is 2. The Bertz CT molecular complexity index is 1170. The van der Waals surface area contributed by atoms with Crippen LogP contribution in [0.5, 0.6) is 5.75 Å². The van der Waals surface area contributed by atoms with E-state index in [1.54, 1.807) is 12.3 Å². The molecular formula is C27H26FNO3. The highest BCUT2D eigenvalue weighted by atomic mass is 19.1. The van der Waals surface area contributed by atoms with E-state index in [0.717, 1.165) is 53.0 Å². The normalized spacial score (nSPS) is 18.5. The van der Waals surface area contributed by atoms with Crippen LogP contribution in [0.1, 0.15) is 60.1 Å². The number of carboxylic acids is 1. The number of carbonyl (C=O) groups is 1. The van der Waals surface area contributed by atoms with Gasteiger partial charge in [0, 0.05) is 17.5 Å². The second kappa shape index (κ2) is 8.38. The molecule has 32 heavy (non-hydrogen) atoms. The average molecular weight is 432 g/mol. The highest BCUT2D eigenvalue weighted by molar-refractivity contribution is 5.68. The SMILES string of the molecule is Cc1cc(-c2ccc(C3CCc4ccc(C(CC(=O)O)C5CC5)cc4O3)c(F)c2)ccn1. The van der Waals surface area contributed by atoms with E-state index in [9.17, 15) is 9.90 Å². The fourth-order valence-corrected chi connectivity index (χ4v) is 4.77. The zero-order valence-electron chi connectivity index (χ0n) is 18.1. The predicted molar refractivity (Wildman–Crippen MR) is 120 cm³/mol. The van der Waals surface area contributed by atoms with E-state index in [4.69, 9.17) is 4.74 Å². The first-order valence-electron chi connectivity index (χ1n) is 11.2. The second-order valence-electron chi connectivity index (χ2n) is 8.98. The zero-order chi connectivity index (χ0) is 22.2. The highest BCUT2D eigenvalue weighted by Gasteiger charge is 2.34. The van der Waals surface area contributed by atoms with E-state index in [1.807, 2.05) is 49.4 Å². The molecule has 2 unspecified atom stereocenters. The number of halogens is 1. The number of pyridine rings is 1. The summed E-state index contributed by atoms with van der Waals surface area (Å²) in [5.41, 5.74) is 5.31. The van der Waals surface area contributed by atoms with Crippen molar-refractivity contribution in [1.82, 2.24) is 4.98 Å². The van der Waals surface area contributed by atoms with Crippen LogP contribution < -0.4 is 4.74 Å². The number of nitrogens with zero attached hydrogens (tertiary/aromatic N) is 1. The first-order chi connectivity index (χ1) is 15.5. The van der Waals surface area contributed by atoms with Crippen LogP contribution in [0.2, 0.25) is 0 Å². The van der Waals surface area contributed by atoms with Gasteiger partial charge >= 0.3 is 5.97 Å². The summed E-state index contributed by atoms with van der Waals surface area (Å²) in [6.45, 7) is 1.92. The monoisotopic (exact) mass is 431 g/mol. The number of aromatic nitrogens is 1. The van der Waals surface area contributed by atoms with E-state index in [-0.39, 0.29) is 24.3 Å². The third-order valence-electron chi connectivity index (χ3n) is 6.63. The van der Waals surface area contributed by atoms with Crippen LogP contribution in [-0.2, 0) is 11.2 Å². The van der Waals surface area contributed by atoms with Gasteiger partial charge in [-0.15, -0.1) is 0 Å². The predicted octanol–water partition coefficient (Wildman–Crippen LogP) is 6.23. The van der Waals surface area contributed by atoms with Gasteiger partial charge in [-0.05, 0) is 91.0 Å². The smallest absolute Gasteiger partial charge is 0.303 e. The van der Waals surface area contributed by atoms with Gasteiger partial charge in [0.1, 0.15) is 17.7 Å². The summed E-state index contributed by atoms with van der Waals surface area (Å²) in [5, 5.41) is 9.33. The molecule has 1 fully saturated rings. The fraction of sp³-hybridized carbons (Fsp3) is 0.333. The van der Waals surface area contributed by atoms with Gasteiger partial charge in [-0.25, -0.2) is 4.39 Å². The number of hydrogen-bond donors (Lipinski definition) is 1. The van der Waals surface area contributed by atoms with E-state index in [2.05, 4.69) is 4.98 Å². The van der Waals surface area contributed by atoms with Gasteiger partial charge < -0.3 is 9.84 Å². The summed E-state index contributed by atoms with van der Waals surface area (Å²) in [6.07, 6.45) is 5.17. The topological polar surface area (TPSA) is 59.4 Å². The summed E-state index contributed by atoms with van der Waals surface area (Å²) < 4.78 is 21.4. The van der Waals surface area contributed by atoms with Crippen molar-refractivity contribution in [3.63, 3.8) is 0 Å². The molecule has 1 aliphatic heterocycles. The molecule has 2 atom stereocenters. The number of rotatable bonds is 6. The van der Waals surface area contributed by atoms with Gasteiger partial charge in [-0.3, -0.25) is 9.78 Å². The number of fused-ring (bicyclic) bond motifs is 1. The minimum absolute atomic E-state index is 0.0154. The van der Waals surface area contributed by atoms with Crippen molar-refractivity contribution >= 4 is 5.97 Å². The molecule has 2 heterocycles. The van der Waals surface area contributed by atoms with Crippen molar-refractivity contribution in [2.45, 2.75) is 51.0 Å². The molecule has 5 heteroatoms. The number of aliphatic carboxylic acids is 1. The third-order valence-corrected chi connectivity index (χ3v) is 6.63. The van der Waals surface area contributed by atoms with Crippen LogP contribution in [0.25, 0.3) is 11.1 Å². The van der Waals surface area contributed by atoms with Crippen molar-refractivity contribution in [2.75, 3.05) is 0 Å². The third kappa shape index (κ3) is 4.24. The number of carboxylic acid groups (broad SMARTS) is 1. The second-order valence-corrected chi connectivity index (χ2v) is 8.98. The highest BCUT2D eigenvalue weighted by Crippen LogP contribution is 2.46. The fourth-order valence-electron chi connectivity index (χ4n) is 4.77. The summed E-state index contributed by atoms with van der Waals surface area (Å²) in [7, 11) is 0. The van der Waals surface area contributed by atoms with Crippen molar-refractivity contribution < 1.29 is 19.0 Å². The average Bonchev–Trinajstić information content (AvgIpc) is 3.62. The van der Waals surface area contributed by atoms with Crippen molar-refractivity contribution in [3.05, 3.63) is 82.9 Å². The summed E-state index contributed by atoms with van der Waals surface area (Å²) >= 11 is 0. The Morgan fingerprint density at radius 2 is 1.94 bits per heavy atom. The van der Waals surface area contributed by atoms with Crippen molar-refractivity contribution in [2.24, 2.45) is 5.92 Å². The molecular weight excluding hydrogens is 405 g/mol. The lowest BCUT2D eigenvalue weighted by Gasteiger charge is -2.28. The minimum Gasteiger partial charge on any atom is -0.485 e. The molecule has 0 radical (unpaired) electrons. The molecule has 4 nitrogen and oxygen atoms in total. The Morgan fingerprint density at radius 1 is 1.12 bits per heavy atom. The van der Waals surface area contributed by atoms with Crippen molar-refractivity contribution in [1.29, 1.82) is 0 Å². The van der Waals surface area contributed by atoms with Crippen LogP contribution in [0.3, 0.4) is 0 Å². The molecule has 164 valence electrons. The van der Waals surface area contributed by atoms with Gasteiger partial charge in [0.2, 0.25) is 0 Å².